The van der Waals surface area contributed by atoms with E-state index in [1.54, 1.807) is 0 Å². The van der Waals surface area contributed by atoms with E-state index in [1.807, 2.05) is 0 Å². The van der Waals surface area contributed by atoms with E-state index in [1.165, 1.54) is 6.33 Å². The lowest BCUT2D eigenvalue weighted by molar-refractivity contribution is -0.122. The molecule has 2 rings (SSSR count). The Labute approximate surface area is 87.9 Å². The number of nitrogens with zero attached hydrogens (tertiary/aromatic N) is 2. The van der Waals surface area contributed by atoms with Gasteiger partial charge in [-0.3, -0.25) is 9.89 Å². The number of hydrogen-bond donors (Lipinski definition) is 3. The van der Waals surface area contributed by atoms with E-state index < -0.39 is 0 Å². The highest BCUT2D eigenvalue weighted by molar-refractivity contribution is 5.81. The number of carbonyl (C=O) groups excluding carboxylic acids is 1. The number of carbonyl (C=O) groups is 1. The number of nitrogens with one attached hydrogen (secondary N) is 3. The van der Waals surface area contributed by atoms with Gasteiger partial charge >= 0.3 is 0 Å². The average Bonchev–Trinajstić information content (AvgIpc) is 2.90. The van der Waals surface area contributed by atoms with Crippen LogP contribution in [0.3, 0.4) is 0 Å². The second-order valence-electron chi connectivity index (χ2n) is 3.62. The third-order valence-electron chi connectivity index (χ3n) is 2.50. The Hall–Kier alpha value is -1.43. The number of aromatic nitrogens is 3. The number of hydrogen-bond acceptors (Lipinski definition) is 4. The second kappa shape index (κ2) is 4.88. The third kappa shape index (κ3) is 2.76. The van der Waals surface area contributed by atoms with Crippen LogP contribution >= 0.6 is 0 Å². The van der Waals surface area contributed by atoms with Gasteiger partial charge in [-0.15, -0.1) is 0 Å². The van der Waals surface area contributed by atoms with Crippen molar-refractivity contribution < 1.29 is 4.79 Å². The van der Waals surface area contributed by atoms with E-state index in [4.69, 9.17) is 0 Å². The van der Waals surface area contributed by atoms with E-state index in [0.29, 0.717) is 13.0 Å². The maximum atomic E-state index is 11.6. The molecule has 0 aromatic carbocycles. The van der Waals surface area contributed by atoms with Gasteiger partial charge in [0.15, 0.2) is 0 Å². The fourth-order valence-electron chi connectivity index (χ4n) is 1.69. The smallest absolute Gasteiger partial charge is 0.237 e. The minimum absolute atomic E-state index is 0.000254. The lowest BCUT2D eigenvalue weighted by Gasteiger charge is -2.09. The molecule has 1 atom stereocenters. The minimum Gasteiger partial charge on any atom is -0.354 e. The van der Waals surface area contributed by atoms with Crippen molar-refractivity contribution in [3.8, 4) is 0 Å². The molecule has 0 radical (unpaired) electrons. The molecule has 3 N–H and O–H groups in total. The zero-order chi connectivity index (χ0) is 10.5. The van der Waals surface area contributed by atoms with Crippen molar-refractivity contribution in [1.29, 1.82) is 0 Å². The van der Waals surface area contributed by atoms with Crippen molar-refractivity contribution in [3.63, 3.8) is 0 Å². The number of rotatable bonds is 4. The molecule has 1 aliphatic heterocycles. The molecule has 2 heterocycles. The molecule has 1 aromatic rings. The molecule has 1 aromatic heterocycles. The van der Waals surface area contributed by atoms with Gasteiger partial charge in [0.2, 0.25) is 5.91 Å². The molecule has 6 nitrogen and oxygen atoms in total. The van der Waals surface area contributed by atoms with Crippen LogP contribution in [-0.4, -0.2) is 40.2 Å². The summed E-state index contributed by atoms with van der Waals surface area (Å²) in [4.78, 5) is 15.5. The summed E-state index contributed by atoms with van der Waals surface area (Å²) in [5.74, 6) is 0.890. The van der Waals surface area contributed by atoms with Gasteiger partial charge in [-0.2, -0.15) is 5.10 Å². The zero-order valence-electron chi connectivity index (χ0n) is 8.49. The third-order valence-corrected chi connectivity index (χ3v) is 2.50. The molecule has 1 unspecified atom stereocenters. The van der Waals surface area contributed by atoms with Crippen LogP contribution in [0.2, 0.25) is 0 Å². The van der Waals surface area contributed by atoms with Crippen LogP contribution in [0.25, 0.3) is 0 Å². The van der Waals surface area contributed by atoms with Crippen LogP contribution in [0.15, 0.2) is 6.33 Å². The highest BCUT2D eigenvalue weighted by atomic mass is 16.2. The Kier molecular flexibility index (Phi) is 3.29. The maximum absolute atomic E-state index is 11.6. The summed E-state index contributed by atoms with van der Waals surface area (Å²) in [5.41, 5.74) is 0. The van der Waals surface area contributed by atoms with Gasteiger partial charge in [0.05, 0.1) is 6.04 Å². The van der Waals surface area contributed by atoms with E-state index >= 15 is 0 Å². The Morgan fingerprint density at radius 1 is 1.67 bits per heavy atom. The summed E-state index contributed by atoms with van der Waals surface area (Å²) >= 11 is 0. The Balaban J connectivity index is 1.67. The van der Waals surface area contributed by atoms with E-state index in [2.05, 4.69) is 25.8 Å². The fourth-order valence-corrected chi connectivity index (χ4v) is 1.69. The van der Waals surface area contributed by atoms with Crippen molar-refractivity contribution in [2.45, 2.75) is 25.3 Å². The lowest BCUT2D eigenvalue weighted by Crippen LogP contribution is -2.41. The van der Waals surface area contributed by atoms with Crippen molar-refractivity contribution in [3.05, 3.63) is 12.2 Å². The molecule has 1 fully saturated rings. The topological polar surface area (TPSA) is 82.7 Å². The molecular weight excluding hydrogens is 194 g/mol. The molecule has 0 spiro atoms. The minimum atomic E-state index is -0.000254. The standard InChI is InChI=1S/C9H15N5O/c15-9(7-2-1-4-10-7)11-5-3-8-12-6-13-14-8/h6-7,10H,1-5H2,(H,11,15)(H,12,13,14). The molecule has 1 amide bonds. The van der Waals surface area contributed by atoms with Crippen LogP contribution in [0.1, 0.15) is 18.7 Å². The zero-order valence-corrected chi connectivity index (χ0v) is 8.49. The summed E-state index contributed by atoms with van der Waals surface area (Å²) in [6, 6.07) is -0.000254. The van der Waals surface area contributed by atoms with Gasteiger partial charge in [0.25, 0.3) is 0 Å². The first-order valence-corrected chi connectivity index (χ1v) is 5.21. The summed E-state index contributed by atoms with van der Waals surface area (Å²) in [7, 11) is 0. The summed E-state index contributed by atoms with van der Waals surface area (Å²) in [5, 5.41) is 12.5. The molecule has 15 heavy (non-hydrogen) atoms. The van der Waals surface area contributed by atoms with E-state index in [9.17, 15) is 4.79 Å². The van der Waals surface area contributed by atoms with Gasteiger partial charge in [-0.1, -0.05) is 0 Å². The molecule has 1 aliphatic rings. The van der Waals surface area contributed by atoms with Crippen LogP contribution in [0.5, 0.6) is 0 Å². The molecule has 6 heteroatoms. The molecule has 1 saturated heterocycles. The van der Waals surface area contributed by atoms with Gasteiger partial charge in [-0.25, -0.2) is 4.98 Å². The van der Waals surface area contributed by atoms with Gasteiger partial charge in [-0.05, 0) is 19.4 Å². The number of aromatic amines is 1. The van der Waals surface area contributed by atoms with Crippen LogP contribution in [0.4, 0.5) is 0 Å². The highest BCUT2D eigenvalue weighted by Gasteiger charge is 2.21. The Morgan fingerprint density at radius 3 is 3.27 bits per heavy atom. The Bertz CT molecular complexity index is 304. The summed E-state index contributed by atoms with van der Waals surface area (Å²) in [6.07, 6.45) is 4.18. The van der Waals surface area contributed by atoms with Crippen molar-refractivity contribution in [1.82, 2.24) is 25.8 Å². The normalized spacial score (nSPS) is 20.4. The Morgan fingerprint density at radius 2 is 2.60 bits per heavy atom. The van der Waals surface area contributed by atoms with Gasteiger partial charge < -0.3 is 10.6 Å². The van der Waals surface area contributed by atoms with Crippen molar-refractivity contribution >= 4 is 5.91 Å². The van der Waals surface area contributed by atoms with E-state index in [-0.39, 0.29) is 11.9 Å². The van der Waals surface area contributed by atoms with Crippen LogP contribution in [-0.2, 0) is 11.2 Å². The lowest BCUT2D eigenvalue weighted by atomic mass is 10.2. The largest absolute Gasteiger partial charge is 0.354 e. The molecule has 0 aliphatic carbocycles. The average molecular weight is 209 g/mol. The molecule has 82 valence electrons. The van der Waals surface area contributed by atoms with E-state index in [0.717, 1.165) is 25.2 Å². The van der Waals surface area contributed by atoms with Crippen LogP contribution < -0.4 is 10.6 Å². The monoisotopic (exact) mass is 209 g/mol. The summed E-state index contributed by atoms with van der Waals surface area (Å²) < 4.78 is 0. The van der Waals surface area contributed by atoms with Crippen LogP contribution in [0, 0.1) is 0 Å². The highest BCUT2D eigenvalue weighted by Crippen LogP contribution is 2.04. The van der Waals surface area contributed by atoms with Crippen molar-refractivity contribution in [2.75, 3.05) is 13.1 Å². The molecule has 0 bridgehead atoms. The first kappa shape index (κ1) is 10.1. The summed E-state index contributed by atoms with van der Waals surface area (Å²) in [6.45, 7) is 1.55. The molecular formula is C9H15N5O. The number of amides is 1. The predicted molar refractivity (Wildman–Crippen MR) is 54.1 cm³/mol. The van der Waals surface area contributed by atoms with Gasteiger partial charge in [0, 0.05) is 13.0 Å². The first-order chi connectivity index (χ1) is 7.36. The first-order valence-electron chi connectivity index (χ1n) is 5.21. The predicted octanol–water partition coefficient (Wildman–Crippen LogP) is -0.785. The second-order valence-corrected chi connectivity index (χ2v) is 3.62. The molecule has 0 saturated carbocycles. The number of H-pyrrole nitrogens is 1. The van der Waals surface area contributed by atoms with Crippen molar-refractivity contribution in [2.24, 2.45) is 0 Å². The fraction of sp³-hybridized carbons (Fsp3) is 0.667. The SMILES string of the molecule is O=C(NCCc1ncn[nH]1)C1CCCN1. The quantitative estimate of drug-likeness (QED) is 0.607. The van der Waals surface area contributed by atoms with Gasteiger partial charge in [0.1, 0.15) is 12.2 Å². The maximum Gasteiger partial charge on any atom is 0.237 e.